The van der Waals surface area contributed by atoms with Crippen molar-refractivity contribution in [3.8, 4) is 12.3 Å². The fourth-order valence-electron chi connectivity index (χ4n) is 1.39. The Labute approximate surface area is 112 Å². The van der Waals surface area contributed by atoms with Crippen LogP contribution in [0.25, 0.3) is 0 Å². The highest BCUT2D eigenvalue weighted by Gasteiger charge is 2.00. The lowest BCUT2D eigenvalue weighted by Gasteiger charge is -2.07. The Kier molecular flexibility index (Phi) is 6.51. The molecule has 0 aliphatic heterocycles. The molecule has 0 atom stereocenters. The minimum atomic E-state index is -0.673. The standard InChI is InChI=1S/C13H17N5O/c1-2-8-16-13(18-12(14)19)17-10-5-7-11-6-3-4-9-15-11/h1,3-4,6,9H,5,7-8,10H2,(H4,14,16,17,18,19). The van der Waals surface area contributed by atoms with Crippen molar-refractivity contribution in [2.24, 2.45) is 10.7 Å². The number of pyridine rings is 1. The van der Waals surface area contributed by atoms with E-state index in [0.717, 1.165) is 18.5 Å². The summed E-state index contributed by atoms with van der Waals surface area (Å²) in [6.45, 7) is 0.823. The van der Waals surface area contributed by atoms with E-state index < -0.39 is 6.03 Å². The number of hydrogen-bond acceptors (Lipinski definition) is 3. The molecule has 0 fully saturated rings. The number of rotatable bonds is 5. The second-order valence-electron chi connectivity index (χ2n) is 3.70. The van der Waals surface area contributed by atoms with Crippen molar-refractivity contribution in [3.63, 3.8) is 0 Å². The molecule has 4 N–H and O–H groups in total. The van der Waals surface area contributed by atoms with Crippen LogP contribution >= 0.6 is 0 Å². The monoisotopic (exact) mass is 259 g/mol. The zero-order valence-electron chi connectivity index (χ0n) is 10.6. The number of carbonyl (C=O) groups is 1. The molecule has 2 amide bonds. The van der Waals surface area contributed by atoms with Gasteiger partial charge in [0, 0.05) is 18.4 Å². The molecule has 1 rings (SSSR count). The smallest absolute Gasteiger partial charge is 0.318 e. The predicted octanol–water partition coefficient (Wildman–Crippen LogP) is 0.261. The zero-order chi connectivity index (χ0) is 13.9. The molecule has 0 bridgehead atoms. The van der Waals surface area contributed by atoms with E-state index in [1.54, 1.807) is 6.20 Å². The van der Waals surface area contributed by atoms with Crippen LogP contribution in [0.3, 0.4) is 0 Å². The third-order valence-electron chi connectivity index (χ3n) is 2.19. The van der Waals surface area contributed by atoms with E-state index in [-0.39, 0.29) is 6.54 Å². The average molecular weight is 259 g/mol. The van der Waals surface area contributed by atoms with Crippen LogP contribution in [-0.4, -0.2) is 30.1 Å². The zero-order valence-corrected chi connectivity index (χ0v) is 10.6. The summed E-state index contributed by atoms with van der Waals surface area (Å²) in [7, 11) is 0. The van der Waals surface area contributed by atoms with Crippen molar-refractivity contribution in [2.75, 3.05) is 13.1 Å². The normalized spacial score (nSPS) is 10.6. The van der Waals surface area contributed by atoms with Crippen LogP contribution in [0.1, 0.15) is 12.1 Å². The van der Waals surface area contributed by atoms with Gasteiger partial charge in [-0.2, -0.15) is 0 Å². The summed E-state index contributed by atoms with van der Waals surface area (Å²) >= 11 is 0. The first-order chi connectivity index (χ1) is 9.22. The number of aryl methyl sites for hydroxylation is 1. The molecule has 19 heavy (non-hydrogen) atoms. The van der Waals surface area contributed by atoms with Crippen LogP contribution in [0.2, 0.25) is 0 Å². The first-order valence-corrected chi connectivity index (χ1v) is 5.90. The van der Waals surface area contributed by atoms with Crippen molar-refractivity contribution in [1.82, 2.24) is 15.6 Å². The van der Waals surface area contributed by atoms with Crippen molar-refractivity contribution < 1.29 is 4.79 Å². The molecule has 0 radical (unpaired) electrons. The first-order valence-electron chi connectivity index (χ1n) is 5.90. The fourth-order valence-corrected chi connectivity index (χ4v) is 1.39. The molecule has 1 aromatic heterocycles. The SMILES string of the molecule is C#CCNC(=NCCCc1ccccn1)NC(N)=O. The number of urea groups is 1. The lowest BCUT2D eigenvalue weighted by atomic mass is 10.2. The lowest BCUT2D eigenvalue weighted by molar-refractivity contribution is 0.253. The fraction of sp³-hybridized carbons (Fsp3) is 0.308. The predicted molar refractivity (Wildman–Crippen MR) is 74.4 cm³/mol. The number of primary amides is 1. The second kappa shape index (κ2) is 8.53. The number of hydrogen-bond donors (Lipinski definition) is 3. The highest BCUT2D eigenvalue weighted by molar-refractivity contribution is 5.95. The van der Waals surface area contributed by atoms with E-state index in [0.29, 0.717) is 12.5 Å². The highest BCUT2D eigenvalue weighted by Crippen LogP contribution is 1.98. The molecule has 1 aromatic rings. The van der Waals surface area contributed by atoms with Crippen LogP contribution in [-0.2, 0) is 6.42 Å². The first kappa shape index (κ1) is 14.5. The number of amides is 2. The molecule has 0 saturated heterocycles. The second-order valence-corrected chi connectivity index (χ2v) is 3.70. The summed E-state index contributed by atoms with van der Waals surface area (Å²) in [5, 5.41) is 5.17. The maximum Gasteiger partial charge on any atom is 0.318 e. The Balaban J connectivity index is 2.38. The highest BCUT2D eigenvalue weighted by atomic mass is 16.2. The topological polar surface area (TPSA) is 92.4 Å². The van der Waals surface area contributed by atoms with Crippen LogP contribution < -0.4 is 16.4 Å². The Hall–Kier alpha value is -2.55. The van der Waals surface area contributed by atoms with E-state index in [4.69, 9.17) is 12.2 Å². The molecule has 1 heterocycles. The Bertz CT molecular complexity index is 464. The summed E-state index contributed by atoms with van der Waals surface area (Å²) in [5.74, 6) is 2.69. The van der Waals surface area contributed by atoms with Crippen LogP contribution in [0.15, 0.2) is 29.4 Å². The summed E-state index contributed by atoms with van der Waals surface area (Å²) in [4.78, 5) is 19.2. The third-order valence-corrected chi connectivity index (χ3v) is 2.19. The number of aromatic nitrogens is 1. The van der Waals surface area contributed by atoms with Gasteiger partial charge in [0.15, 0.2) is 5.96 Å². The Morgan fingerprint density at radius 2 is 2.37 bits per heavy atom. The molecule has 0 aliphatic carbocycles. The molecule has 0 unspecified atom stereocenters. The summed E-state index contributed by atoms with van der Waals surface area (Å²) in [6.07, 6.45) is 8.52. The molecular formula is C13H17N5O. The number of aliphatic imine (C=N–C) groups is 1. The molecule has 0 spiro atoms. The molecule has 6 nitrogen and oxygen atoms in total. The summed E-state index contributed by atoms with van der Waals surface area (Å²) < 4.78 is 0. The molecule has 6 heteroatoms. The summed E-state index contributed by atoms with van der Waals surface area (Å²) in [5.41, 5.74) is 6.04. The van der Waals surface area contributed by atoms with Crippen molar-refractivity contribution in [1.29, 1.82) is 0 Å². The third kappa shape index (κ3) is 6.68. The van der Waals surface area contributed by atoms with Crippen LogP contribution in [0.4, 0.5) is 4.79 Å². The van der Waals surface area contributed by atoms with Crippen LogP contribution in [0.5, 0.6) is 0 Å². The van der Waals surface area contributed by atoms with E-state index in [2.05, 4.69) is 26.5 Å². The van der Waals surface area contributed by atoms with E-state index in [1.807, 2.05) is 18.2 Å². The van der Waals surface area contributed by atoms with Gasteiger partial charge >= 0.3 is 6.03 Å². The number of nitrogens with zero attached hydrogens (tertiary/aromatic N) is 2. The molecule has 100 valence electrons. The number of terminal acetylenes is 1. The minimum Gasteiger partial charge on any atom is -0.351 e. The van der Waals surface area contributed by atoms with E-state index in [9.17, 15) is 4.79 Å². The van der Waals surface area contributed by atoms with Gasteiger partial charge in [0.25, 0.3) is 0 Å². The molecule has 0 aliphatic rings. The number of guanidine groups is 1. The number of nitrogens with two attached hydrogens (primary N) is 1. The van der Waals surface area contributed by atoms with Crippen molar-refractivity contribution in [3.05, 3.63) is 30.1 Å². The van der Waals surface area contributed by atoms with Gasteiger partial charge in [-0.15, -0.1) is 6.42 Å². The van der Waals surface area contributed by atoms with Crippen molar-refractivity contribution >= 4 is 12.0 Å². The van der Waals surface area contributed by atoms with Gasteiger partial charge in [-0.05, 0) is 25.0 Å². The van der Waals surface area contributed by atoms with Crippen molar-refractivity contribution in [2.45, 2.75) is 12.8 Å². The maximum atomic E-state index is 10.8. The quantitative estimate of drug-likeness (QED) is 0.306. The Morgan fingerprint density at radius 1 is 1.53 bits per heavy atom. The van der Waals surface area contributed by atoms with Gasteiger partial charge in [0.05, 0.1) is 6.54 Å². The molecular weight excluding hydrogens is 242 g/mol. The number of carbonyl (C=O) groups excluding carboxylic acids is 1. The molecule has 0 aromatic carbocycles. The van der Waals surface area contributed by atoms with E-state index >= 15 is 0 Å². The molecule has 0 saturated carbocycles. The minimum absolute atomic E-state index is 0.277. The van der Waals surface area contributed by atoms with Gasteiger partial charge < -0.3 is 11.1 Å². The average Bonchev–Trinajstić information content (AvgIpc) is 2.41. The van der Waals surface area contributed by atoms with Gasteiger partial charge in [0.2, 0.25) is 0 Å². The van der Waals surface area contributed by atoms with Gasteiger partial charge in [-0.3, -0.25) is 15.3 Å². The lowest BCUT2D eigenvalue weighted by Crippen LogP contribution is -2.43. The van der Waals surface area contributed by atoms with Gasteiger partial charge in [0.1, 0.15) is 0 Å². The maximum absolute atomic E-state index is 10.8. The summed E-state index contributed by atoms with van der Waals surface area (Å²) in [6, 6.07) is 5.11. The van der Waals surface area contributed by atoms with Crippen LogP contribution in [0, 0.1) is 12.3 Å². The number of nitrogens with one attached hydrogen (secondary N) is 2. The van der Waals surface area contributed by atoms with Gasteiger partial charge in [-0.1, -0.05) is 12.0 Å². The largest absolute Gasteiger partial charge is 0.351 e. The Morgan fingerprint density at radius 3 is 3.00 bits per heavy atom. The van der Waals surface area contributed by atoms with E-state index in [1.165, 1.54) is 0 Å². The van der Waals surface area contributed by atoms with Gasteiger partial charge in [-0.25, -0.2) is 4.79 Å².